The van der Waals surface area contributed by atoms with Gasteiger partial charge in [0.25, 0.3) is 10.0 Å². The van der Waals surface area contributed by atoms with Crippen LogP contribution in [0, 0.1) is 6.92 Å². The number of rotatable bonds is 5. The van der Waals surface area contributed by atoms with Gasteiger partial charge in [0.05, 0.1) is 0 Å². The first-order valence-corrected chi connectivity index (χ1v) is 9.54. The topological polar surface area (TPSA) is 84.5 Å². The molecule has 0 bridgehead atoms. The van der Waals surface area contributed by atoms with Gasteiger partial charge in [0, 0.05) is 16.3 Å². The highest BCUT2D eigenvalue weighted by Crippen LogP contribution is 2.35. The van der Waals surface area contributed by atoms with Gasteiger partial charge in [-0.15, -0.1) is 11.3 Å². The van der Waals surface area contributed by atoms with E-state index in [4.69, 9.17) is 17.3 Å². The molecule has 0 radical (unpaired) electrons. The minimum Gasteiger partial charge on any atom is -0.369 e. The number of halogens is 1. The first-order chi connectivity index (χ1) is 10.3. The maximum Gasteiger partial charge on any atom is 0.273 e. The van der Waals surface area contributed by atoms with Crippen molar-refractivity contribution >= 4 is 49.0 Å². The van der Waals surface area contributed by atoms with Crippen LogP contribution in [0.4, 0.5) is 0 Å². The minimum absolute atomic E-state index is 0.0802. The molecule has 5 nitrogen and oxygen atoms in total. The molecule has 0 aliphatic heterocycles. The number of unbranched alkanes of at least 4 members (excludes halogenated alkanes) is 1. The molecule has 0 aliphatic rings. The molecule has 8 heteroatoms. The molecule has 0 fully saturated rings. The van der Waals surface area contributed by atoms with Gasteiger partial charge in [0.2, 0.25) is 5.96 Å². The van der Waals surface area contributed by atoms with Crippen LogP contribution >= 0.6 is 22.9 Å². The van der Waals surface area contributed by atoms with Crippen molar-refractivity contribution in [3.63, 3.8) is 0 Å². The zero-order valence-corrected chi connectivity index (χ0v) is 14.8. The van der Waals surface area contributed by atoms with Gasteiger partial charge in [0.1, 0.15) is 4.21 Å². The number of aliphatic imine (C=N–C) groups is 1. The number of hydrogen-bond donors (Lipinski definition) is 2. The van der Waals surface area contributed by atoms with Gasteiger partial charge in [-0.1, -0.05) is 24.9 Å². The van der Waals surface area contributed by atoms with E-state index in [0.29, 0.717) is 17.1 Å². The Morgan fingerprint density at radius 3 is 2.86 bits per heavy atom. The fourth-order valence-corrected chi connectivity index (χ4v) is 4.87. The summed E-state index contributed by atoms with van der Waals surface area (Å²) in [7, 11) is -3.73. The Morgan fingerprint density at radius 2 is 2.18 bits per heavy atom. The zero-order chi connectivity index (χ0) is 16.3. The van der Waals surface area contributed by atoms with Crippen LogP contribution in [-0.4, -0.2) is 20.9 Å². The number of nitrogens with zero attached hydrogens (tertiary/aromatic N) is 1. The summed E-state index contributed by atoms with van der Waals surface area (Å²) in [4.78, 5) is 4.01. The van der Waals surface area contributed by atoms with Gasteiger partial charge in [-0.05, 0) is 42.5 Å². The summed E-state index contributed by atoms with van der Waals surface area (Å²) in [6, 6.07) is 5.32. The number of aryl methyl sites for hydroxylation is 1. The normalized spacial score (nSPS) is 12.8. The summed E-state index contributed by atoms with van der Waals surface area (Å²) < 4.78 is 28.3. The molecule has 120 valence electrons. The largest absolute Gasteiger partial charge is 0.369 e. The lowest BCUT2D eigenvalue weighted by Crippen LogP contribution is -2.36. The smallest absolute Gasteiger partial charge is 0.273 e. The second-order valence-corrected chi connectivity index (χ2v) is 8.25. The van der Waals surface area contributed by atoms with Crippen molar-refractivity contribution in [2.45, 2.75) is 30.9 Å². The highest BCUT2D eigenvalue weighted by molar-refractivity contribution is 7.92. The molecule has 0 unspecified atom stereocenters. The second kappa shape index (κ2) is 6.85. The number of nitrogens with two attached hydrogens (primary N) is 1. The molecule has 0 aliphatic carbocycles. The predicted octanol–water partition coefficient (Wildman–Crippen LogP) is 3.26. The van der Waals surface area contributed by atoms with Crippen LogP contribution in [-0.2, 0) is 10.0 Å². The number of guanidine groups is 1. The van der Waals surface area contributed by atoms with Crippen molar-refractivity contribution in [1.82, 2.24) is 4.72 Å². The average molecular weight is 360 g/mol. The third-order valence-electron chi connectivity index (χ3n) is 3.13. The van der Waals surface area contributed by atoms with Gasteiger partial charge in [-0.2, -0.15) is 0 Å². The Bertz CT molecular complexity index is 813. The third-order valence-corrected chi connectivity index (χ3v) is 6.61. The molecule has 2 rings (SSSR count). The van der Waals surface area contributed by atoms with Crippen molar-refractivity contribution in [3.8, 4) is 0 Å². The van der Waals surface area contributed by atoms with Crippen LogP contribution in [0.3, 0.4) is 0 Å². The second-order valence-electron chi connectivity index (χ2n) is 4.88. The van der Waals surface area contributed by atoms with E-state index in [1.54, 1.807) is 19.1 Å². The zero-order valence-electron chi connectivity index (χ0n) is 12.4. The molecule has 1 heterocycles. The van der Waals surface area contributed by atoms with Crippen LogP contribution in [0.25, 0.3) is 10.1 Å². The molecule has 1 aromatic heterocycles. The van der Waals surface area contributed by atoms with E-state index in [9.17, 15) is 8.42 Å². The van der Waals surface area contributed by atoms with Gasteiger partial charge in [-0.25, -0.2) is 13.1 Å². The fourth-order valence-electron chi connectivity index (χ4n) is 2.00. The lowest BCUT2D eigenvalue weighted by molar-refractivity contribution is 0.594. The number of thiophene rings is 1. The Balaban J connectivity index is 2.34. The monoisotopic (exact) mass is 359 g/mol. The summed E-state index contributed by atoms with van der Waals surface area (Å²) in [6.45, 7) is 4.29. The van der Waals surface area contributed by atoms with Crippen molar-refractivity contribution < 1.29 is 8.42 Å². The van der Waals surface area contributed by atoms with Gasteiger partial charge in [-0.3, -0.25) is 4.99 Å². The van der Waals surface area contributed by atoms with Crippen molar-refractivity contribution in [2.75, 3.05) is 6.54 Å². The van der Waals surface area contributed by atoms with E-state index in [2.05, 4.69) is 9.71 Å². The van der Waals surface area contributed by atoms with Crippen LogP contribution in [0.5, 0.6) is 0 Å². The lowest BCUT2D eigenvalue weighted by atomic mass is 10.2. The standard InChI is InChI=1S/C14H18ClN3O2S2/c1-3-4-7-17-14(16)18-22(19,20)13-9(2)11-8-10(15)5-6-12(11)21-13/h5-6,8H,3-4,7H2,1-2H3,(H3,16,17,18). The SMILES string of the molecule is CCCCN=C(N)NS(=O)(=O)c1sc2ccc(Cl)cc2c1C. The molecule has 22 heavy (non-hydrogen) atoms. The first-order valence-electron chi connectivity index (χ1n) is 6.86. The third kappa shape index (κ3) is 3.71. The Morgan fingerprint density at radius 1 is 1.45 bits per heavy atom. The van der Waals surface area contributed by atoms with E-state index < -0.39 is 10.0 Å². The first kappa shape index (κ1) is 17.1. The fraction of sp³-hybridized carbons (Fsp3) is 0.357. The molecule has 0 saturated carbocycles. The number of hydrogen-bond acceptors (Lipinski definition) is 4. The molecule has 1 aromatic carbocycles. The van der Waals surface area contributed by atoms with E-state index in [0.717, 1.165) is 22.9 Å². The molecule has 0 saturated heterocycles. The maximum atomic E-state index is 12.5. The number of nitrogens with one attached hydrogen (secondary N) is 1. The summed E-state index contributed by atoms with van der Waals surface area (Å²) >= 11 is 7.16. The predicted molar refractivity (Wildman–Crippen MR) is 93.3 cm³/mol. The molecule has 3 N–H and O–H groups in total. The van der Waals surface area contributed by atoms with Gasteiger partial charge >= 0.3 is 0 Å². The number of fused-ring (bicyclic) bond motifs is 1. The maximum absolute atomic E-state index is 12.5. The van der Waals surface area contributed by atoms with Crippen LogP contribution in [0.15, 0.2) is 27.4 Å². The quantitative estimate of drug-likeness (QED) is 0.488. The highest BCUT2D eigenvalue weighted by atomic mass is 35.5. The van der Waals surface area contributed by atoms with Crippen molar-refractivity contribution in [3.05, 3.63) is 28.8 Å². The van der Waals surface area contributed by atoms with E-state index in [-0.39, 0.29) is 10.2 Å². The Kier molecular flexibility index (Phi) is 5.31. The molecule has 0 amide bonds. The summed E-state index contributed by atoms with van der Waals surface area (Å²) in [5, 5.41) is 1.41. The molecule has 2 aromatic rings. The van der Waals surface area contributed by atoms with Gasteiger partial charge in [0.15, 0.2) is 0 Å². The summed E-state index contributed by atoms with van der Waals surface area (Å²) in [5.74, 6) is -0.0802. The van der Waals surface area contributed by atoms with E-state index in [1.165, 1.54) is 11.3 Å². The lowest BCUT2D eigenvalue weighted by Gasteiger charge is -2.06. The van der Waals surface area contributed by atoms with Crippen molar-refractivity contribution in [2.24, 2.45) is 10.7 Å². The molecule has 0 atom stereocenters. The molecular weight excluding hydrogens is 342 g/mol. The average Bonchev–Trinajstić information content (AvgIpc) is 2.76. The van der Waals surface area contributed by atoms with E-state index in [1.807, 2.05) is 13.0 Å². The van der Waals surface area contributed by atoms with E-state index >= 15 is 0 Å². The minimum atomic E-state index is -3.73. The molecular formula is C14H18ClN3O2S2. The Labute approximate surface area is 139 Å². The number of benzene rings is 1. The highest BCUT2D eigenvalue weighted by Gasteiger charge is 2.22. The summed E-state index contributed by atoms with van der Waals surface area (Å²) in [5.41, 5.74) is 6.31. The van der Waals surface area contributed by atoms with Crippen LogP contribution in [0.2, 0.25) is 5.02 Å². The van der Waals surface area contributed by atoms with Crippen LogP contribution in [0.1, 0.15) is 25.3 Å². The number of sulfonamides is 1. The van der Waals surface area contributed by atoms with Gasteiger partial charge < -0.3 is 5.73 Å². The summed E-state index contributed by atoms with van der Waals surface area (Å²) in [6.07, 6.45) is 1.84. The Hall–Kier alpha value is -1.31. The van der Waals surface area contributed by atoms with Crippen molar-refractivity contribution in [1.29, 1.82) is 0 Å². The van der Waals surface area contributed by atoms with Crippen LogP contribution < -0.4 is 10.5 Å². The molecule has 0 spiro atoms.